The molecule has 148 valence electrons. The van der Waals surface area contributed by atoms with Crippen molar-refractivity contribution in [3.8, 4) is 5.75 Å². The zero-order valence-electron chi connectivity index (χ0n) is 15.5. The Morgan fingerprint density at radius 2 is 2.11 bits per heavy atom. The van der Waals surface area contributed by atoms with E-state index in [1.807, 2.05) is 0 Å². The van der Waals surface area contributed by atoms with Gasteiger partial charge in [-0.2, -0.15) is 0 Å². The van der Waals surface area contributed by atoms with Gasteiger partial charge in [-0.15, -0.1) is 11.3 Å². The van der Waals surface area contributed by atoms with E-state index in [1.165, 1.54) is 36.6 Å². The summed E-state index contributed by atoms with van der Waals surface area (Å²) in [7, 11) is 1.31. The summed E-state index contributed by atoms with van der Waals surface area (Å²) >= 11 is 1.37. The number of methoxy groups -OCH3 is 1. The van der Waals surface area contributed by atoms with Gasteiger partial charge in [0, 0.05) is 10.9 Å². The first-order valence-corrected chi connectivity index (χ1v) is 9.61. The predicted molar refractivity (Wildman–Crippen MR) is 104 cm³/mol. The zero-order chi connectivity index (χ0) is 20.3. The molecule has 0 radical (unpaired) electrons. The second-order valence-corrected chi connectivity index (χ2v) is 7.71. The van der Waals surface area contributed by atoms with Gasteiger partial charge in [-0.1, -0.05) is 19.1 Å². The molecular formula is C19H20N2O6S. The number of thiophene rings is 1. The van der Waals surface area contributed by atoms with Crippen LogP contribution in [0.2, 0.25) is 0 Å². The van der Waals surface area contributed by atoms with E-state index in [1.54, 1.807) is 6.07 Å². The summed E-state index contributed by atoms with van der Waals surface area (Å²) in [4.78, 5) is 36.1. The summed E-state index contributed by atoms with van der Waals surface area (Å²) in [6, 6.07) is 5.84. The topological polar surface area (TPSA) is 108 Å². The number of benzene rings is 1. The van der Waals surface area contributed by atoms with Gasteiger partial charge >= 0.3 is 11.7 Å². The molecule has 1 atom stereocenters. The van der Waals surface area contributed by atoms with E-state index in [2.05, 4.69) is 12.2 Å². The Morgan fingerprint density at radius 3 is 2.82 bits per heavy atom. The van der Waals surface area contributed by atoms with Gasteiger partial charge in [-0.3, -0.25) is 14.9 Å². The largest absolute Gasteiger partial charge is 0.477 e. The summed E-state index contributed by atoms with van der Waals surface area (Å²) < 4.78 is 10.2. The molecule has 1 aromatic heterocycles. The van der Waals surface area contributed by atoms with E-state index in [-0.39, 0.29) is 11.4 Å². The Labute approximate surface area is 165 Å². The highest BCUT2D eigenvalue weighted by molar-refractivity contribution is 7.17. The predicted octanol–water partition coefficient (Wildman–Crippen LogP) is 3.59. The molecule has 1 amide bonds. The van der Waals surface area contributed by atoms with Crippen molar-refractivity contribution in [2.24, 2.45) is 5.92 Å². The third-order valence-corrected chi connectivity index (χ3v) is 5.74. The Balaban J connectivity index is 1.76. The first-order valence-electron chi connectivity index (χ1n) is 8.79. The molecular weight excluding hydrogens is 384 g/mol. The lowest BCUT2D eigenvalue weighted by Crippen LogP contribution is -2.21. The van der Waals surface area contributed by atoms with Crippen molar-refractivity contribution in [2.45, 2.75) is 26.2 Å². The van der Waals surface area contributed by atoms with Crippen molar-refractivity contribution >= 4 is 33.9 Å². The summed E-state index contributed by atoms with van der Waals surface area (Å²) in [5, 5.41) is 14.2. The van der Waals surface area contributed by atoms with E-state index in [9.17, 15) is 19.7 Å². The third-order valence-electron chi connectivity index (χ3n) is 4.57. The zero-order valence-corrected chi connectivity index (χ0v) is 16.3. The van der Waals surface area contributed by atoms with Crippen LogP contribution >= 0.6 is 11.3 Å². The molecule has 1 aromatic carbocycles. The molecule has 1 aliphatic rings. The normalized spacial score (nSPS) is 15.4. The van der Waals surface area contributed by atoms with E-state index >= 15 is 0 Å². The Bertz CT molecular complexity index is 923. The van der Waals surface area contributed by atoms with Gasteiger partial charge in [0.25, 0.3) is 5.91 Å². The molecule has 3 rings (SSSR count). The fourth-order valence-corrected chi connectivity index (χ4v) is 4.61. The SMILES string of the molecule is COC(=O)c1c(NC(=O)COc2ccccc2[N+](=O)[O-])sc2c1CC[C@@H](C)C2. The monoisotopic (exact) mass is 404 g/mol. The van der Waals surface area contributed by atoms with Gasteiger partial charge in [0.1, 0.15) is 5.00 Å². The van der Waals surface area contributed by atoms with E-state index < -0.39 is 23.4 Å². The highest BCUT2D eigenvalue weighted by Crippen LogP contribution is 2.40. The lowest BCUT2D eigenvalue weighted by molar-refractivity contribution is -0.385. The number of rotatable bonds is 6. The number of nitro benzene ring substituents is 1. The average Bonchev–Trinajstić information content (AvgIpc) is 3.02. The standard InChI is InChI=1S/C19H20N2O6S/c1-11-7-8-12-15(9-11)28-18(17(12)19(23)26-2)20-16(22)10-27-14-6-4-3-5-13(14)21(24)25/h3-6,11H,7-10H2,1-2H3,(H,20,22)/t11-/m1/s1. The first-order chi connectivity index (χ1) is 13.4. The number of hydrogen-bond acceptors (Lipinski definition) is 7. The lowest BCUT2D eigenvalue weighted by atomic mass is 9.88. The van der Waals surface area contributed by atoms with Gasteiger partial charge in [-0.05, 0) is 36.8 Å². The van der Waals surface area contributed by atoms with E-state index in [4.69, 9.17) is 9.47 Å². The van der Waals surface area contributed by atoms with Crippen molar-refractivity contribution in [1.82, 2.24) is 0 Å². The molecule has 1 heterocycles. The first kappa shape index (κ1) is 19.8. The van der Waals surface area contributed by atoms with Crippen LogP contribution < -0.4 is 10.1 Å². The molecule has 0 saturated heterocycles. The van der Waals surface area contributed by atoms with Crippen LogP contribution in [0.1, 0.15) is 34.1 Å². The molecule has 0 fully saturated rings. The number of carbonyl (C=O) groups excluding carboxylic acids is 2. The summed E-state index contributed by atoms with van der Waals surface area (Å²) in [5.74, 6) is -0.464. The number of para-hydroxylation sites is 2. The molecule has 0 spiro atoms. The number of carbonyl (C=O) groups is 2. The molecule has 28 heavy (non-hydrogen) atoms. The van der Waals surface area contributed by atoms with Crippen LogP contribution in [0.15, 0.2) is 24.3 Å². The van der Waals surface area contributed by atoms with Crippen molar-refractivity contribution in [3.63, 3.8) is 0 Å². The van der Waals surface area contributed by atoms with Crippen LogP contribution in [0.5, 0.6) is 5.75 Å². The van der Waals surface area contributed by atoms with Crippen molar-refractivity contribution in [2.75, 3.05) is 19.0 Å². The fourth-order valence-electron chi connectivity index (χ4n) is 3.19. The molecule has 0 aliphatic heterocycles. The molecule has 9 heteroatoms. The van der Waals surface area contributed by atoms with Crippen LogP contribution in [0, 0.1) is 16.0 Å². The van der Waals surface area contributed by atoms with Crippen molar-refractivity contribution in [3.05, 3.63) is 50.4 Å². The minimum Gasteiger partial charge on any atom is -0.477 e. The minimum absolute atomic E-state index is 0.00939. The highest BCUT2D eigenvalue weighted by Gasteiger charge is 2.29. The average molecular weight is 404 g/mol. The Kier molecular flexibility index (Phi) is 5.93. The summed E-state index contributed by atoms with van der Waals surface area (Å²) in [6.45, 7) is 1.74. The van der Waals surface area contributed by atoms with Gasteiger partial charge in [-0.25, -0.2) is 4.79 Å². The third kappa shape index (κ3) is 4.14. The van der Waals surface area contributed by atoms with Gasteiger partial charge in [0.2, 0.25) is 0 Å². The molecule has 1 aliphatic carbocycles. The molecule has 0 bridgehead atoms. The van der Waals surface area contributed by atoms with Crippen LogP contribution in [0.4, 0.5) is 10.7 Å². The molecule has 1 N–H and O–H groups in total. The van der Waals surface area contributed by atoms with E-state index in [0.717, 1.165) is 29.7 Å². The second kappa shape index (κ2) is 8.39. The van der Waals surface area contributed by atoms with Gasteiger partial charge in [0.05, 0.1) is 17.6 Å². The van der Waals surface area contributed by atoms with Crippen LogP contribution in [0.3, 0.4) is 0 Å². The number of nitro groups is 1. The highest BCUT2D eigenvalue weighted by atomic mass is 32.1. The maximum atomic E-state index is 12.4. The van der Waals surface area contributed by atoms with Gasteiger partial charge in [0.15, 0.2) is 12.4 Å². The van der Waals surface area contributed by atoms with Gasteiger partial charge < -0.3 is 14.8 Å². The quantitative estimate of drug-likeness (QED) is 0.448. The number of amides is 1. The molecule has 2 aromatic rings. The van der Waals surface area contributed by atoms with Crippen LogP contribution in [-0.2, 0) is 22.4 Å². The number of hydrogen-bond donors (Lipinski definition) is 1. The number of nitrogens with zero attached hydrogens (tertiary/aromatic N) is 1. The Hall–Kier alpha value is -2.94. The molecule has 0 unspecified atom stereocenters. The number of fused-ring (bicyclic) bond motifs is 1. The van der Waals surface area contributed by atoms with Crippen molar-refractivity contribution < 1.29 is 24.0 Å². The lowest BCUT2D eigenvalue weighted by Gasteiger charge is -2.18. The fraction of sp³-hybridized carbons (Fsp3) is 0.368. The second-order valence-electron chi connectivity index (χ2n) is 6.61. The maximum absolute atomic E-state index is 12.4. The molecule has 8 nitrogen and oxygen atoms in total. The van der Waals surface area contributed by atoms with Crippen molar-refractivity contribution in [1.29, 1.82) is 0 Å². The Morgan fingerprint density at radius 1 is 1.36 bits per heavy atom. The summed E-state index contributed by atoms with van der Waals surface area (Å²) in [5.41, 5.74) is 1.12. The minimum atomic E-state index is -0.572. The number of nitrogens with one attached hydrogen (secondary N) is 1. The smallest absolute Gasteiger partial charge is 0.341 e. The summed E-state index contributed by atoms with van der Waals surface area (Å²) in [6.07, 6.45) is 2.59. The number of esters is 1. The van der Waals surface area contributed by atoms with Crippen LogP contribution in [0.25, 0.3) is 0 Å². The number of ether oxygens (including phenoxy) is 2. The van der Waals surface area contributed by atoms with E-state index in [0.29, 0.717) is 16.5 Å². The number of anilines is 1. The van der Waals surface area contributed by atoms with Crippen LogP contribution in [-0.4, -0.2) is 30.5 Å². The molecule has 0 saturated carbocycles. The maximum Gasteiger partial charge on any atom is 0.341 e.